The fourth-order valence-corrected chi connectivity index (χ4v) is 6.55. The Morgan fingerprint density at radius 3 is 2.42 bits per heavy atom. The Hall–Kier alpha value is -2.22. The van der Waals surface area contributed by atoms with Gasteiger partial charge in [-0.25, -0.2) is 8.42 Å². The maximum atomic E-state index is 13.2. The van der Waals surface area contributed by atoms with Gasteiger partial charge in [-0.2, -0.15) is 4.31 Å². The lowest BCUT2D eigenvalue weighted by Gasteiger charge is -2.32. The molecule has 2 aliphatic heterocycles. The maximum absolute atomic E-state index is 13.2. The molecule has 0 unspecified atom stereocenters. The van der Waals surface area contributed by atoms with Gasteiger partial charge in [0.15, 0.2) is 0 Å². The molecule has 0 bridgehead atoms. The lowest BCUT2D eigenvalue weighted by molar-refractivity contribution is -0.123. The van der Waals surface area contributed by atoms with Gasteiger partial charge in [0.25, 0.3) is 0 Å². The Balaban J connectivity index is 1.29. The van der Waals surface area contributed by atoms with Crippen LogP contribution in [0.5, 0.6) is 0 Å². The number of hydrogen-bond acceptors (Lipinski definition) is 3. The molecule has 0 atom stereocenters. The summed E-state index contributed by atoms with van der Waals surface area (Å²) in [5, 5.41) is 1.93. The highest BCUT2D eigenvalue weighted by atomic mass is 79.9. The molecule has 5 rings (SSSR count). The van der Waals surface area contributed by atoms with Crippen LogP contribution in [0.3, 0.4) is 0 Å². The molecule has 0 spiro atoms. The number of halogens is 1. The van der Waals surface area contributed by atoms with Crippen molar-refractivity contribution in [3.8, 4) is 0 Å². The molecule has 0 N–H and O–H groups in total. The molecule has 0 radical (unpaired) electrons. The largest absolute Gasteiger partial charge is 0.312 e. The predicted molar refractivity (Wildman–Crippen MR) is 126 cm³/mol. The molecule has 31 heavy (non-hydrogen) atoms. The fraction of sp³-hybridized carbons (Fsp3) is 0.292. The molecule has 1 amide bonds. The number of fused-ring (bicyclic) bond motifs is 2. The molecule has 2 heterocycles. The first-order valence-corrected chi connectivity index (χ1v) is 12.8. The van der Waals surface area contributed by atoms with Crippen LogP contribution in [0, 0.1) is 5.92 Å². The molecule has 7 heteroatoms. The minimum absolute atomic E-state index is 0.115. The third-order valence-electron chi connectivity index (χ3n) is 6.36. The van der Waals surface area contributed by atoms with Crippen molar-refractivity contribution in [2.24, 2.45) is 5.92 Å². The molecule has 3 aromatic rings. The number of amides is 1. The molecule has 5 nitrogen and oxygen atoms in total. The summed E-state index contributed by atoms with van der Waals surface area (Å²) in [4.78, 5) is 15.4. The number of sulfonamides is 1. The van der Waals surface area contributed by atoms with E-state index in [1.54, 1.807) is 12.1 Å². The molecular weight excluding hydrogens is 476 g/mol. The number of nitrogens with zero attached hydrogens (tertiary/aromatic N) is 2. The van der Waals surface area contributed by atoms with E-state index in [9.17, 15) is 13.2 Å². The Morgan fingerprint density at radius 1 is 0.903 bits per heavy atom. The summed E-state index contributed by atoms with van der Waals surface area (Å²) in [7, 11) is -3.57. The summed E-state index contributed by atoms with van der Waals surface area (Å²) in [5.41, 5.74) is 2.17. The summed E-state index contributed by atoms with van der Waals surface area (Å²) in [6.07, 6.45) is 1.96. The van der Waals surface area contributed by atoms with Gasteiger partial charge in [-0.3, -0.25) is 4.79 Å². The number of carbonyl (C=O) groups excluding carboxylic acids is 1. The highest BCUT2D eigenvalue weighted by Gasteiger charge is 2.35. The summed E-state index contributed by atoms with van der Waals surface area (Å²) < 4.78 is 28.9. The zero-order chi connectivity index (χ0) is 21.6. The Kier molecular flexibility index (Phi) is 5.36. The minimum Gasteiger partial charge on any atom is -0.312 e. The number of benzene rings is 3. The quantitative estimate of drug-likeness (QED) is 0.530. The van der Waals surface area contributed by atoms with Crippen LogP contribution in [0.1, 0.15) is 18.4 Å². The Morgan fingerprint density at radius 2 is 1.65 bits per heavy atom. The van der Waals surface area contributed by atoms with Gasteiger partial charge in [0.05, 0.1) is 4.90 Å². The average molecular weight is 499 g/mol. The SMILES string of the molecule is O=C(C1CCN(S(=O)(=O)c2ccc3ccccc3c2)CC1)N1CCc2cc(Br)ccc21. The first kappa shape index (κ1) is 20.7. The summed E-state index contributed by atoms with van der Waals surface area (Å²) in [6.45, 7) is 1.43. The van der Waals surface area contributed by atoms with E-state index in [1.807, 2.05) is 47.4 Å². The van der Waals surface area contributed by atoms with Gasteiger partial charge >= 0.3 is 0 Å². The van der Waals surface area contributed by atoms with E-state index in [-0.39, 0.29) is 11.8 Å². The first-order chi connectivity index (χ1) is 14.9. The van der Waals surface area contributed by atoms with Gasteiger partial charge in [0.2, 0.25) is 15.9 Å². The molecule has 0 saturated carbocycles. The monoisotopic (exact) mass is 498 g/mol. The smallest absolute Gasteiger partial charge is 0.243 e. The van der Waals surface area contributed by atoms with Gasteiger partial charge in [-0.05, 0) is 65.9 Å². The molecule has 2 aliphatic rings. The number of anilines is 1. The van der Waals surface area contributed by atoms with Crippen molar-refractivity contribution < 1.29 is 13.2 Å². The zero-order valence-electron chi connectivity index (χ0n) is 17.0. The number of rotatable bonds is 3. The van der Waals surface area contributed by atoms with E-state index in [0.29, 0.717) is 37.4 Å². The van der Waals surface area contributed by atoms with E-state index in [1.165, 1.54) is 9.87 Å². The van der Waals surface area contributed by atoms with Gasteiger partial charge in [0, 0.05) is 35.7 Å². The third-order valence-corrected chi connectivity index (χ3v) is 8.75. The van der Waals surface area contributed by atoms with Crippen LogP contribution < -0.4 is 4.90 Å². The molecule has 1 fully saturated rings. The molecule has 0 aromatic heterocycles. The number of hydrogen-bond donors (Lipinski definition) is 0. The van der Waals surface area contributed by atoms with Crippen LogP contribution in [0.4, 0.5) is 5.69 Å². The summed E-state index contributed by atoms with van der Waals surface area (Å²) >= 11 is 3.49. The Bertz CT molecular complexity index is 1270. The second-order valence-corrected chi connectivity index (χ2v) is 11.1. The Labute approximate surface area is 190 Å². The molecule has 160 valence electrons. The van der Waals surface area contributed by atoms with Crippen molar-refractivity contribution in [3.05, 3.63) is 70.7 Å². The lowest BCUT2D eigenvalue weighted by Crippen LogP contribution is -2.44. The van der Waals surface area contributed by atoms with Crippen molar-refractivity contribution in [2.75, 3.05) is 24.5 Å². The number of piperidine rings is 1. The third kappa shape index (κ3) is 3.79. The van der Waals surface area contributed by atoms with Crippen LogP contribution >= 0.6 is 15.9 Å². The van der Waals surface area contributed by atoms with E-state index >= 15 is 0 Å². The average Bonchev–Trinajstić information content (AvgIpc) is 3.21. The second kappa shape index (κ2) is 8.04. The van der Waals surface area contributed by atoms with Crippen LogP contribution in [-0.2, 0) is 21.2 Å². The highest BCUT2D eigenvalue weighted by Crippen LogP contribution is 2.34. The molecule has 0 aliphatic carbocycles. The van der Waals surface area contributed by atoms with E-state index in [4.69, 9.17) is 0 Å². The highest BCUT2D eigenvalue weighted by molar-refractivity contribution is 9.10. The summed E-state index contributed by atoms with van der Waals surface area (Å²) in [5.74, 6) is -0.0264. The van der Waals surface area contributed by atoms with Crippen molar-refractivity contribution in [1.82, 2.24) is 4.31 Å². The van der Waals surface area contributed by atoms with Gasteiger partial charge < -0.3 is 4.90 Å². The topological polar surface area (TPSA) is 57.7 Å². The fourth-order valence-electron chi connectivity index (χ4n) is 4.64. The van der Waals surface area contributed by atoms with Crippen molar-refractivity contribution in [3.63, 3.8) is 0 Å². The van der Waals surface area contributed by atoms with Crippen molar-refractivity contribution in [2.45, 2.75) is 24.2 Å². The zero-order valence-corrected chi connectivity index (χ0v) is 19.4. The van der Waals surface area contributed by atoms with E-state index in [0.717, 1.165) is 27.4 Å². The first-order valence-electron chi connectivity index (χ1n) is 10.5. The summed E-state index contributed by atoms with van der Waals surface area (Å²) in [6, 6.07) is 19.0. The predicted octanol–water partition coefficient (Wildman–Crippen LogP) is 4.59. The van der Waals surface area contributed by atoms with Crippen LogP contribution in [0.2, 0.25) is 0 Å². The van der Waals surface area contributed by atoms with E-state index < -0.39 is 10.0 Å². The van der Waals surface area contributed by atoms with Crippen molar-refractivity contribution >= 4 is 48.3 Å². The van der Waals surface area contributed by atoms with E-state index in [2.05, 4.69) is 22.0 Å². The minimum atomic E-state index is -3.57. The second-order valence-electron chi connectivity index (χ2n) is 8.20. The molecule has 1 saturated heterocycles. The number of carbonyl (C=O) groups is 1. The van der Waals surface area contributed by atoms with Gasteiger partial charge in [-0.1, -0.05) is 46.3 Å². The van der Waals surface area contributed by atoms with Crippen molar-refractivity contribution in [1.29, 1.82) is 0 Å². The molecule has 3 aromatic carbocycles. The maximum Gasteiger partial charge on any atom is 0.243 e. The van der Waals surface area contributed by atoms with Crippen LogP contribution in [0.25, 0.3) is 10.8 Å². The van der Waals surface area contributed by atoms with Gasteiger partial charge in [0.1, 0.15) is 0 Å². The molecular formula is C24H23BrN2O3S. The van der Waals surface area contributed by atoms with Gasteiger partial charge in [-0.15, -0.1) is 0 Å². The van der Waals surface area contributed by atoms with Crippen LogP contribution in [-0.4, -0.2) is 38.3 Å². The normalized spacial score (nSPS) is 17.8. The lowest BCUT2D eigenvalue weighted by atomic mass is 9.96. The standard InChI is InChI=1S/C24H23BrN2O3S/c25-21-6-8-23-20(15-21)11-14-27(23)24(28)18-9-12-26(13-10-18)31(29,30)22-7-5-17-3-1-2-4-19(17)16-22/h1-8,15-16,18H,9-14H2. The van der Waals surface area contributed by atoms with Crippen LogP contribution in [0.15, 0.2) is 70.0 Å².